The summed E-state index contributed by atoms with van der Waals surface area (Å²) in [5.74, 6) is 0.168. The van der Waals surface area contributed by atoms with Crippen LogP contribution in [0.2, 0.25) is 0 Å². The maximum atomic E-state index is 12.4. The van der Waals surface area contributed by atoms with E-state index in [0.717, 1.165) is 25.7 Å². The average Bonchev–Trinajstić information content (AvgIpc) is 2.49. The van der Waals surface area contributed by atoms with Gasteiger partial charge in [0, 0.05) is 19.1 Å². The van der Waals surface area contributed by atoms with E-state index in [4.69, 9.17) is 18.0 Å². The Balaban J connectivity index is 3.37. The Kier molecular flexibility index (Phi) is 7.97. The second-order valence-electron chi connectivity index (χ2n) is 6.11. The second-order valence-corrected chi connectivity index (χ2v) is 6.49. The Morgan fingerprint density at radius 1 is 1.29 bits per heavy atom. The maximum Gasteiger partial charge on any atom is 0.330 e. The normalized spacial score (nSPS) is 10.9. The van der Waals surface area contributed by atoms with Crippen LogP contribution in [0.1, 0.15) is 53.4 Å². The van der Waals surface area contributed by atoms with E-state index in [9.17, 15) is 9.59 Å². The highest BCUT2D eigenvalue weighted by Gasteiger charge is 2.21. The zero-order valence-corrected chi connectivity index (χ0v) is 15.8. The molecule has 0 fully saturated rings. The van der Waals surface area contributed by atoms with Gasteiger partial charge >= 0.3 is 5.69 Å². The maximum absolute atomic E-state index is 12.4. The molecule has 1 rings (SSSR count). The summed E-state index contributed by atoms with van der Waals surface area (Å²) in [6.07, 6.45) is 3.54. The Hall–Kier alpha value is -1.83. The first kappa shape index (κ1) is 20.2. The van der Waals surface area contributed by atoms with Gasteiger partial charge < -0.3 is 16.0 Å². The number of aromatic amines is 1. The molecule has 1 aromatic heterocycles. The topological polar surface area (TPSA) is 96.2 Å². The van der Waals surface area contributed by atoms with Crippen LogP contribution in [-0.4, -0.2) is 27.3 Å². The number of unbranched alkanes of at least 4 members (excludes halogenated alkanes) is 2. The third-order valence-electron chi connectivity index (χ3n) is 3.61. The van der Waals surface area contributed by atoms with Gasteiger partial charge in [-0.1, -0.05) is 26.7 Å². The fourth-order valence-corrected chi connectivity index (χ4v) is 2.75. The SMILES string of the molecule is CCCCN(C(=S)NC(C)C)c1c(N)n(CCCC)c(=O)[nH]c1=O. The largest absolute Gasteiger partial charge is 0.383 e. The molecule has 1 aromatic rings. The highest BCUT2D eigenvalue weighted by Crippen LogP contribution is 2.18. The van der Waals surface area contributed by atoms with Gasteiger partial charge in [0.05, 0.1) is 0 Å². The van der Waals surface area contributed by atoms with Crippen LogP contribution in [0.5, 0.6) is 0 Å². The number of nitrogen functional groups attached to an aromatic ring is 1. The number of thiocarbonyl (C=S) groups is 1. The lowest BCUT2D eigenvalue weighted by molar-refractivity contribution is 0.603. The predicted molar refractivity (Wildman–Crippen MR) is 104 cm³/mol. The molecular weight excluding hydrogens is 326 g/mol. The van der Waals surface area contributed by atoms with Crippen molar-refractivity contribution in [2.45, 2.75) is 66.0 Å². The smallest absolute Gasteiger partial charge is 0.330 e. The van der Waals surface area contributed by atoms with Gasteiger partial charge in [-0.3, -0.25) is 14.3 Å². The Labute approximate surface area is 148 Å². The van der Waals surface area contributed by atoms with Crippen LogP contribution in [0.3, 0.4) is 0 Å². The molecule has 0 amide bonds. The molecule has 4 N–H and O–H groups in total. The number of H-pyrrole nitrogens is 1. The van der Waals surface area contributed by atoms with E-state index in [1.165, 1.54) is 4.57 Å². The summed E-state index contributed by atoms with van der Waals surface area (Å²) in [6.45, 7) is 9.07. The van der Waals surface area contributed by atoms with Crippen molar-refractivity contribution in [3.63, 3.8) is 0 Å². The lowest BCUT2D eigenvalue weighted by Crippen LogP contribution is -2.47. The van der Waals surface area contributed by atoms with Gasteiger partial charge in [0.1, 0.15) is 5.82 Å². The third-order valence-corrected chi connectivity index (χ3v) is 3.95. The molecule has 0 bridgehead atoms. The number of nitrogens with one attached hydrogen (secondary N) is 2. The molecule has 0 saturated heterocycles. The molecule has 0 atom stereocenters. The minimum atomic E-state index is -0.505. The second kappa shape index (κ2) is 9.46. The van der Waals surface area contributed by atoms with E-state index < -0.39 is 11.2 Å². The van der Waals surface area contributed by atoms with Crippen molar-refractivity contribution in [1.82, 2.24) is 14.9 Å². The molecule has 0 unspecified atom stereocenters. The molecule has 0 saturated carbocycles. The van der Waals surface area contributed by atoms with E-state index in [1.54, 1.807) is 4.90 Å². The standard InChI is InChI=1S/C16H29N5O2S/c1-5-7-9-20(16(24)18-11(3)4)12-13(17)21(10-8-6-2)15(23)19-14(12)22/h11H,5-10,17H2,1-4H3,(H,18,24)(H,19,22,23). The van der Waals surface area contributed by atoms with Gasteiger partial charge in [0.15, 0.2) is 10.8 Å². The first-order valence-corrected chi connectivity index (χ1v) is 8.94. The molecule has 0 aliphatic heterocycles. The summed E-state index contributed by atoms with van der Waals surface area (Å²) in [6, 6.07) is 0.132. The molecular formula is C16H29N5O2S. The van der Waals surface area contributed by atoms with Crippen LogP contribution in [0.15, 0.2) is 9.59 Å². The number of hydrogen-bond donors (Lipinski definition) is 3. The Bertz CT molecular complexity index is 665. The summed E-state index contributed by atoms with van der Waals surface area (Å²) >= 11 is 5.45. The van der Waals surface area contributed by atoms with E-state index in [2.05, 4.69) is 17.2 Å². The summed E-state index contributed by atoms with van der Waals surface area (Å²) in [5, 5.41) is 3.58. The molecule has 0 aromatic carbocycles. The minimum Gasteiger partial charge on any atom is -0.383 e. The van der Waals surface area contributed by atoms with Crippen molar-refractivity contribution in [3.8, 4) is 0 Å². The summed E-state index contributed by atoms with van der Waals surface area (Å²) in [4.78, 5) is 28.5. The fourth-order valence-electron chi connectivity index (χ4n) is 2.33. The number of aromatic nitrogens is 2. The van der Waals surface area contributed by atoms with Crippen molar-refractivity contribution in [3.05, 3.63) is 20.8 Å². The van der Waals surface area contributed by atoms with Gasteiger partial charge in [0.2, 0.25) is 0 Å². The quantitative estimate of drug-likeness (QED) is 0.616. The van der Waals surface area contributed by atoms with Gasteiger partial charge in [-0.2, -0.15) is 0 Å². The van der Waals surface area contributed by atoms with Gasteiger partial charge in [-0.15, -0.1) is 0 Å². The number of nitrogens with zero attached hydrogens (tertiary/aromatic N) is 2. The third kappa shape index (κ3) is 5.09. The van der Waals surface area contributed by atoms with Crippen LogP contribution in [-0.2, 0) is 6.54 Å². The molecule has 0 aliphatic carbocycles. The van der Waals surface area contributed by atoms with Crippen molar-refractivity contribution in [2.75, 3.05) is 17.2 Å². The minimum absolute atomic E-state index is 0.132. The molecule has 0 radical (unpaired) electrons. The monoisotopic (exact) mass is 355 g/mol. The van der Waals surface area contributed by atoms with Gasteiger partial charge in [-0.25, -0.2) is 4.79 Å². The van der Waals surface area contributed by atoms with E-state index in [0.29, 0.717) is 18.2 Å². The number of nitrogens with two attached hydrogens (primary N) is 1. The van der Waals surface area contributed by atoms with Crippen LogP contribution >= 0.6 is 12.2 Å². The van der Waals surface area contributed by atoms with Crippen molar-refractivity contribution in [2.24, 2.45) is 0 Å². The van der Waals surface area contributed by atoms with Gasteiger partial charge in [-0.05, 0) is 38.9 Å². The molecule has 1 heterocycles. The lowest BCUT2D eigenvalue weighted by atomic mass is 10.3. The summed E-state index contributed by atoms with van der Waals surface area (Å²) in [5.41, 5.74) is 5.44. The fraction of sp³-hybridized carbons (Fsp3) is 0.688. The molecule has 0 aliphatic rings. The van der Waals surface area contributed by atoms with Crippen molar-refractivity contribution in [1.29, 1.82) is 0 Å². The highest BCUT2D eigenvalue weighted by atomic mass is 32.1. The number of rotatable bonds is 8. The van der Waals surface area contributed by atoms with Crippen LogP contribution < -0.4 is 27.2 Å². The van der Waals surface area contributed by atoms with Crippen molar-refractivity contribution >= 4 is 28.8 Å². The Morgan fingerprint density at radius 2 is 1.92 bits per heavy atom. The average molecular weight is 356 g/mol. The first-order valence-electron chi connectivity index (χ1n) is 8.54. The van der Waals surface area contributed by atoms with E-state index in [1.807, 2.05) is 20.8 Å². The van der Waals surface area contributed by atoms with Crippen LogP contribution in [0, 0.1) is 0 Å². The highest BCUT2D eigenvalue weighted by molar-refractivity contribution is 7.80. The van der Waals surface area contributed by atoms with Crippen molar-refractivity contribution < 1.29 is 0 Å². The number of anilines is 2. The number of hydrogen-bond acceptors (Lipinski definition) is 4. The molecule has 7 nitrogen and oxygen atoms in total. The molecule has 8 heteroatoms. The summed E-state index contributed by atoms with van der Waals surface area (Å²) < 4.78 is 1.41. The zero-order chi connectivity index (χ0) is 18.3. The zero-order valence-electron chi connectivity index (χ0n) is 15.0. The molecule has 24 heavy (non-hydrogen) atoms. The lowest BCUT2D eigenvalue weighted by Gasteiger charge is -2.28. The van der Waals surface area contributed by atoms with Crippen LogP contribution in [0.4, 0.5) is 11.5 Å². The predicted octanol–water partition coefficient (Wildman–Crippen LogP) is 1.81. The molecule has 0 spiro atoms. The van der Waals surface area contributed by atoms with E-state index in [-0.39, 0.29) is 17.5 Å². The molecule has 136 valence electrons. The summed E-state index contributed by atoms with van der Waals surface area (Å²) in [7, 11) is 0. The van der Waals surface area contributed by atoms with E-state index >= 15 is 0 Å². The first-order chi connectivity index (χ1) is 11.3. The Morgan fingerprint density at radius 3 is 2.46 bits per heavy atom. The van der Waals surface area contributed by atoms with Crippen LogP contribution in [0.25, 0.3) is 0 Å². The van der Waals surface area contributed by atoms with Gasteiger partial charge in [0.25, 0.3) is 5.56 Å².